The molecule has 1 heterocycles. The number of aliphatic hydroxyl groups excluding tert-OH is 1. The third-order valence-corrected chi connectivity index (χ3v) is 4.90. The molecular weight excluding hydrogens is 254 g/mol. The van der Waals surface area contributed by atoms with Crippen molar-refractivity contribution in [1.82, 2.24) is 5.32 Å². The average molecular weight is 283 g/mol. The van der Waals surface area contributed by atoms with Crippen LogP contribution in [-0.4, -0.2) is 17.8 Å². The van der Waals surface area contributed by atoms with Crippen LogP contribution >= 0.6 is 11.3 Å². The second-order valence-electron chi connectivity index (χ2n) is 7.33. The molecular formula is C16H29NOS. The molecule has 0 aliphatic heterocycles. The lowest BCUT2D eigenvalue weighted by Gasteiger charge is -2.31. The van der Waals surface area contributed by atoms with Crippen molar-refractivity contribution in [2.75, 3.05) is 6.61 Å². The van der Waals surface area contributed by atoms with Crippen LogP contribution in [0.2, 0.25) is 0 Å². The Labute approximate surface area is 122 Å². The molecule has 0 aliphatic carbocycles. The lowest BCUT2D eigenvalue weighted by Crippen LogP contribution is -2.40. The Morgan fingerprint density at radius 3 is 2.21 bits per heavy atom. The first-order valence-corrected chi connectivity index (χ1v) is 7.89. The number of rotatable bonds is 5. The molecule has 2 nitrogen and oxygen atoms in total. The topological polar surface area (TPSA) is 32.3 Å². The van der Waals surface area contributed by atoms with Crippen molar-refractivity contribution in [2.45, 2.75) is 66.0 Å². The van der Waals surface area contributed by atoms with E-state index >= 15 is 0 Å². The lowest BCUT2D eigenvalue weighted by atomic mass is 9.85. The normalized spacial score (nSPS) is 14.7. The molecule has 0 bridgehead atoms. The number of hydrogen-bond acceptors (Lipinski definition) is 3. The third-order valence-electron chi connectivity index (χ3n) is 3.39. The molecule has 0 saturated heterocycles. The molecule has 110 valence electrons. The van der Waals surface area contributed by atoms with Crippen molar-refractivity contribution in [3.8, 4) is 0 Å². The summed E-state index contributed by atoms with van der Waals surface area (Å²) in [6, 6.07) is 4.80. The van der Waals surface area contributed by atoms with Crippen LogP contribution in [0.15, 0.2) is 12.1 Å². The predicted octanol–water partition coefficient (Wildman–Crippen LogP) is 3.93. The molecule has 0 spiro atoms. The quantitative estimate of drug-likeness (QED) is 0.858. The van der Waals surface area contributed by atoms with Gasteiger partial charge in [-0.3, -0.25) is 0 Å². The lowest BCUT2D eigenvalue weighted by molar-refractivity contribution is 0.197. The maximum atomic E-state index is 9.17. The molecule has 1 unspecified atom stereocenters. The highest BCUT2D eigenvalue weighted by molar-refractivity contribution is 7.12. The Hall–Kier alpha value is -0.380. The zero-order chi connectivity index (χ0) is 14.7. The number of aliphatic hydroxyl groups is 1. The first-order valence-electron chi connectivity index (χ1n) is 7.08. The third kappa shape index (κ3) is 5.25. The maximum absolute atomic E-state index is 9.17. The minimum absolute atomic E-state index is 0.173. The summed E-state index contributed by atoms with van der Waals surface area (Å²) in [6.07, 6.45) is 0.807. The van der Waals surface area contributed by atoms with E-state index in [0.717, 1.165) is 13.0 Å². The molecule has 1 aromatic rings. The molecule has 0 aromatic carbocycles. The fourth-order valence-electron chi connectivity index (χ4n) is 2.07. The van der Waals surface area contributed by atoms with Gasteiger partial charge in [-0.1, -0.05) is 41.5 Å². The van der Waals surface area contributed by atoms with E-state index in [-0.39, 0.29) is 17.4 Å². The summed E-state index contributed by atoms with van der Waals surface area (Å²) in [7, 11) is 0. The first-order chi connectivity index (χ1) is 8.64. The van der Waals surface area contributed by atoms with Gasteiger partial charge in [0.1, 0.15) is 0 Å². The van der Waals surface area contributed by atoms with Crippen molar-refractivity contribution in [1.29, 1.82) is 0 Å². The highest BCUT2D eigenvalue weighted by Gasteiger charge is 2.24. The van der Waals surface area contributed by atoms with Crippen molar-refractivity contribution in [3.05, 3.63) is 21.9 Å². The van der Waals surface area contributed by atoms with Crippen LogP contribution in [0.25, 0.3) is 0 Å². The Balaban J connectivity index is 2.62. The first kappa shape index (κ1) is 16.7. The van der Waals surface area contributed by atoms with Crippen molar-refractivity contribution in [2.24, 2.45) is 5.41 Å². The molecule has 2 N–H and O–H groups in total. The molecule has 1 aromatic heterocycles. The minimum atomic E-state index is 0.173. The maximum Gasteiger partial charge on any atom is 0.0446 e. The van der Waals surface area contributed by atoms with Crippen LogP contribution in [-0.2, 0) is 12.0 Å². The van der Waals surface area contributed by atoms with E-state index in [0.29, 0.717) is 6.04 Å². The van der Waals surface area contributed by atoms with Gasteiger partial charge in [-0.15, -0.1) is 11.3 Å². The molecule has 0 saturated carbocycles. The van der Waals surface area contributed by atoms with Crippen LogP contribution < -0.4 is 5.32 Å². The SMILES string of the molecule is CC(C)(C)c1ccc(CNC(CCO)C(C)(C)C)s1. The highest BCUT2D eigenvalue weighted by atomic mass is 32.1. The van der Waals surface area contributed by atoms with Gasteiger partial charge in [-0.2, -0.15) is 0 Å². The monoisotopic (exact) mass is 283 g/mol. The standard InChI is InChI=1S/C16H29NOS/c1-15(2,3)13(9-10-18)17-11-12-7-8-14(19-12)16(4,5)6/h7-8,13,17-18H,9-11H2,1-6H3. The van der Waals surface area contributed by atoms with Crippen LogP contribution in [0.5, 0.6) is 0 Å². The van der Waals surface area contributed by atoms with Gasteiger partial charge >= 0.3 is 0 Å². The summed E-state index contributed by atoms with van der Waals surface area (Å²) in [5.74, 6) is 0. The van der Waals surface area contributed by atoms with Crippen LogP contribution in [0.3, 0.4) is 0 Å². The number of nitrogens with one attached hydrogen (secondary N) is 1. The van der Waals surface area contributed by atoms with Crippen molar-refractivity contribution < 1.29 is 5.11 Å². The van der Waals surface area contributed by atoms with Gasteiger partial charge in [-0.05, 0) is 29.4 Å². The summed E-state index contributed by atoms with van der Waals surface area (Å²) in [6.45, 7) is 14.5. The molecule has 1 atom stereocenters. The zero-order valence-corrected chi connectivity index (χ0v) is 14.0. The Morgan fingerprint density at radius 1 is 1.16 bits per heavy atom. The van der Waals surface area contributed by atoms with Crippen LogP contribution in [0, 0.1) is 5.41 Å². The molecule has 1 rings (SSSR count). The van der Waals surface area contributed by atoms with E-state index in [4.69, 9.17) is 0 Å². The number of thiophene rings is 1. The van der Waals surface area contributed by atoms with E-state index in [2.05, 4.69) is 59.0 Å². The van der Waals surface area contributed by atoms with E-state index in [1.165, 1.54) is 9.75 Å². The fraction of sp³-hybridized carbons (Fsp3) is 0.750. The van der Waals surface area contributed by atoms with Crippen LogP contribution in [0.4, 0.5) is 0 Å². The number of hydrogen-bond donors (Lipinski definition) is 2. The van der Waals surface area contributed by atoms with E-state index in [1.54, 1.807) is 0 Å². The Morgan fingerprint density at radius 2 is 1.79 bits per heavy atom. The molecule has 0 fully saturated rings. The molecule has 0 radical (unpaired) electrons. The van der Waals surface area contributed by atoms with Gasteiger partial charge in [0.2, 0.25) is 0 Å². The van der Waals surface area contributed by atoms with E-state index in [9.17, 15) is 5.11 Å². The molecule has 19 heavy (non-hydrogen) atoms. The van der Waals surface area contributed by atoms with Gasteiger partial charge in [0.15, 0.2) is 0 Å². The average Bonchev–Trinajstić information content (AvgIpc) is 2.70. The van der Waals surface area contributed by atoms with Gasteiger partial charge in [-0.25, -0.2) is 0 Å². The second kappa shape index (κ2) is 6.38. The van der Waals surface area contributed by atoms with Gasteiger partial charge in [0.05, 0.1) is 0 Å². The van der Waals surface area contributed by atoms with Crippen LogP contribution in [0.1, 0.15) is 57.7 Å². The second-order valence-corrected chi connectivity index (χ2v) is 8.50. The summed E-state index contributed by atoms with van der Waals surface area (Å²) in [5, 5.41) is 12.8. The highest BCUT2D eigenvalue weighted by Crippen LogP contribution is 2.30. The summed E-state index contributed by atoms with van der Waals surface area (Å²) >= 11 is 1.89. The smallest absolute Gasteiger partial charge is 0.0446 e. The van der Waals surface area contributed by atoms with Gasteiger partial charge in [0, 0.05) is 28.9 Å². The van der Waals surface area contributed by atoms with Crippen molar-refractivity contribution >= 4 is 11.3 Å². The molecule has 0 amide bonds. The van der Waals surface area contributed by atoms with E-state index in [1.807, 2.05) is 11.3 Å². The summed E-state index contributed by atoms with van der Waals surface area (Å²) < 4.78 is 0. The largest absolute Gasteiger partial charge is 0.396 e. The molecule has 0 aliphatic rings. The fourth-order valence-corrected chi connectivity index (χ4v) is 3.09. The Bertz CT molecular complexity index is 384. The zero-order valence-electron chi connectivity index (χ0n) is 13.2. The molecule has 3 heteroatoms. The van der Waals surface area contributed by atoms with Gasteiger partial charge < -0.3 is 10.4 Å². The Kier molecular flexibility index (Phi) is 5.60. The van der Waals surface area contributed by atoms with E-state index < -0.39 is 0 Å². The minimum Gasteiger partial charge on any atom is -0.396 e. The summed E-state index contributed by atoms with van der Waals surface area (Å²) in [4.78, 5) is 2.80. The van der Waals surface area contributed by atoms with Gasteiger partial charge in [0.25, 0.3) is 0 Å². The summed E-state index contributed by atoms with van der Waals surface area (Å²) in [5.41, 5.74) is 0.407. The van der Waals surface area contributed by atoms with Crippen molar-refractivity contribution in [3.63, 3.8) is 0 Å². The predicted molar refractivity (Wildman–Crippen MR) is 84.8 cm³/mol.